The maximum atomic E-state index is 11.7. The van der Waals surface area contributed by atoms with Crippen LogP contribution in [0, 0.1) is 11.3 Å². The van der Waals surface area contributed by atoms with Gasteiger partial charge in [-0.2, -0.15) is 0 Å². The zero-order valence-electron chi connectivity index (χ0n) is 9.33. The van der Waals surface area contributed by atoms with Gasteiger partial charge in [0.2, 0.25) is 5.91 Å². The summed E-state index contributed by atoms with van der Waals surface area (Å²) in [4.78, 5) is 13.6. The zero-order chi connectivity index (χ0) is 10.9. The molecular formula is C11H20N2O2. The molecule has 1 saturated carbocycles. The number of likely N-dealkylation sites (tertiary alicyclic amines) is 1. The van der Waals surface area contributed by atoms with Gasteiger partial charge in [-0.25, -0.2) is 0 Å². The van der Waals surface area contributed by atoms with Gasteiger partial charge in [-0.05, 0) is 25.8 Å². The van der Waals surface area contributed by atoms with E-state index in [-0.39, 0.29) is 17.9 Å². The highest BCUT2D eigenvalue weighted by Gasteiger charge is 2.49. The second-order valence-corrected chi connectivity index (χ2v) is 4.91. The molecule has 2 N–H and O–H groups in total. The number of nitrogens with zero attached hydrogens (tertiary/aromatic N) is 1. The van der Waals surface area contributed by atoms with Crippen molar-refractivity contribution in [3.05, 3.63) is 0 Å². The summed E-state index contributed by atoms with van der Waals surface area (Å²) in [6.45, 7) is 2.25. The Morgan fingerprint density at radius 3 is 3.07 bits per heavy atom. The minimum absolute atomic E-state index is 0.0312. The van der Waals surface area contributed by atoms with E-state index in [0.29, 0.717) is 12.5 Å². The molecule has 0 aromatic carbocycles. The van der Waals surface area contributed by atoms with E-state index < -0.39 is 0 Å². The molecule has 0 bridgehead atoms. The number of nitrogens with one attached hydrogen (secondary N) is 1. The maximum absolute atomic E-state index is 11.7. The van der Waals surface area contributed by atoms with Crippen LogP contribution in [0.3, 0.4) is 0 Å². The van der Waals surface area contributed by atoms with Crippen LogP contribution in [0.5, 0.6) is 0 Å². The Hall–Kier alpha value is -0.610. The lowest BCUT2D eigenvalue weighted by atomic mass is 9.82. The summed E-state index contributed by atoms with van der Waals surface area (Å²) >= 11 is 0. The zero-order valence-corrected chi connectivity index (χ0v) is 9.33. The number of fused-ring (bicyclic) bond motifs is 1. The molecule has 1 heterocycles. The van der Waals surface area contributed by atoms with Crippen LogP contribution in [0.25, 0.3) is 0 Å². The van der Waals surface area contributed by atoms with Crippen LogP contribution >= 0.6 is 0 Å². The second kappa shape index (κ2) is 4.10. The molecule has 4 nitrogen and oxygen atoms in total. The maximum Gasteiger partial charge on any atom is 0.236 e. The van der Waals surface area contributed by atoms with Gasteiger partial charge in [0.1, 0.15) is 0 Å². The van der Waals surface area contributed by atoms with Crippen LogP contribution in [-0.4, -0.2) is 49.2 Å². The fourth-order valence-corrected chi connectivity index (χ4v) is 3.13. The van der Waals surface area contributed by atoms with E-state index in [4.69, 9.17) is 0 Å². The number of hydrogen-bond donors (Lipinski definition) is 2. The first-order valence-electron chi connectivity index (χ1n) is 5.75. The van der Waals surface area contributed by atoms with Crippen LogP contribution in [-0.2, 0) is 4.79 Å². The molecule has 4 heteroatoms. The van der Waals surface area contributed by atoms with Gasteiger partial charge in [0.05, 0.1) is 13.2 Å². The first kappa shape index (κ1) is 10.9. The lowest BCUT2D eigenvalue weighted by molar-refractivity contribution is -0.129. The van der Waals surface area contributed by atoms with Crippen molar-refractivity contribution in [1.82, 2.24) is 10.2 Å². The van der Waals surface area contributed by atoms with Crippen LogP contribution in [0.1, 0.15) is 19.3 Å². The van der Waals surface area contributed by atoms with Crippen molar-refractivity contribution in [2.75, 3.05) is 33.3 Å². The number of aliphatic hydroxyl groups is 1. The predicted octanol–water partition coefficient (Wildman–Crippen LogP) is -0.173. The molecule has 2 aliphatic rings. The fraction of sp³-hybridized carbons (Fsp3) is 0.909. The van der Waals surface area contributed by atoms with E-state index in [1.54, 1.807) is 7.05 Å². The predicted molar refractivity (Wildman–Crippen MR) is 57.4 cm³/mol. The van der Waals surface area contributed by atoms with Crippen molar-refractivity contribution in [3.63, 3.8) is 0 Å². The monoisotopic (exact) mass is 212 g/mol. The number of hydrogen-bond acceptors (Lipinski definition) is 3. The van der Waals surface area contributed by atoms with E-state index in [2.05, 4.69) is 5.32 Å². The van der Waals surface area contributed by atoms with E-state index in [0.717, 1.165) is 19.5 Å². The largest absolute Gasteiger partial charge is 0.396 e. The standard InChI is InChI=1S/C11H20N2O2/c1-12-5-10(15)13-6-9-3-2-4-11(9,7-13)8-14/h9,12,14H,2-8H2,1H3. The molecule has 2 atom stereocenters. The Bertz CT molecular complexity index is 257. The van der Waals surface area contributed by atoms with Crippen LogP contribution < -0.4 is 5.32 Å². The molecule has 86 valence electrons. The highest BCUT2D eigenvalue weighted by Crippen LogP contribution is 2.48. The number of carbonyl (C=O) groups excluding carboxylic acids is 1. The summed E-state index contributed by atoms with van der Waals surface area (Å²) in [6, 6.07) is 0. The highest BCUT2D eigenvalue weighted by atomic mass is 16.3. The molecular weight excluding hydrogens is 192 g/mol. The average Bonchev–Trinajstić information content (AvgIpc) is 2.73. The third kappa shape index (κ3) is 1.76. The van der Waals surface area contributed by atoms with Gasteiger partial charge >= 0.3 is 0 Å². The molecule has 1 aliphatic heterocycles. The van der Waals surface area contributed by atoms with Gasteiger partial charge in [-0.15, -0.1) is 0 Å². The molecule has 2 unspecified atom stereocenters. The number of likely N-dealkylation sites (N-methyl/N-ethyl adjacent to an activating group) is 1. The summed E-state index contributed by atoms with van der Waals surface area (Å²) in [5, 5.41) is 12.4. The van der Waals surface area contributed by atoms with Gasteiger partial charge in [-0.1, -0.05) is 6.42 Å². The van der Waals surface area contributed by atoms with Gasteiger partial charge in [0.25, 0.3) is 0 Å². The van der Waals surface area contributed by atoms with Crippen molar-refractivity contribution in [2.24, 2.45) is 11.3 Å². The van der Waals surface area contributed by atoms with Gasteiger partial charge in [0.15, 0.2) is 0 Å². The quantitative estimate of drug-likeness (QED) is 0.683. The first-order chi connectivity index (χ1) is 7.22. The van der Waals surface area contributed by atoms with Crippen LogP contribution in [0.2, 0.25) is 0 Å². The van der Waals surface area contributed by atoms with Gasteiger partial charge in [-0.3, -0.25) is 4.79 Å². The Morgan fingerprint density at radius 1 is 1.67 bits per heavy atom. The van der Waals surface area contributed by atoms with E-state index in [1.807, 2.05) is 4.90 Å². The van der Waals surface area contributed by atoms with Crippen molar-refractivity contribution >= 4 is 5.91 Å². The van der Waals surface area contributed by atoms with E-state index in [9.17, 15) is 9.90 Å². The third-order valence-electron chi connectivity index (χ3n) is 4.04. The summed E-state index contributed by atoms with van der Waals surface area (Å²) in [7, 11) is 1.79. The van der Waals surface area contributed by atoms with Crippen molar-refractivity contribution in [3.8, 4) is 0 Å². The van der Waals surface area contributed by atoms with Gasteiger partial charge in [0, 0.05) is 18.5 Å². The lowest BCUT2D eigenvalue weighted by Gasteiger charge is -2.25. The number of carbonyl (C=O) groups is 1. The Balaban J connectivity index is 2.01. The Kier molecular flexibility index (Phi) is 2.98. The molecule has 1 saturated heterocycles. The normalized spacial score (nSPS) is 34.5. The van der Waals surface area contributed by atoms with Gasteiger partial charge < -0.3 is 15.3 Å². The SMILES string of the molecule is CNCC(=O)N1CC2CCCC2(CO)C1. The topological polar surface area (TPSA) is 52.6 Å². The molecule has 0 aromatic heterocycles. The van der Waals surface area contributed by atoms with Crippen molar-refractivity contribution in [2.45, 2.75) is 19.3 Å². The average molecular weight is 212 g/mol. The van der Waals surface area contributed by atoms with E-state index >= 15 is 0 Å². The van der Waals surface area contributed by atoms with E-state index in [1.165, 1.54) is 12.8 Å². The minimum atomic E-state index is 0.0312. The minimum Gasteiger partial charge on any atom is -0.396 e. The summed E-state index contributed by atoms with van der Waals surface area (Å²) in [6.07, 6.45) is 3.46. The van der Waals surface area contributed by atoms with Crippen LogP contribution in [0.4, 0.5) is 0 Å². The first-order valence-corrected chi connectivity index (χ1v) is 5.75. The molecule has 2 rings (SSSR count). The lowest BCUT2D eigenvalue weighted by Crippen LogP contribution is -2.38. The number of amides is 1. The molecule has 1 aliphatic carbocycles. The third-order valence-corrected chi connectivity index (χ3v) is 4.04. The van der Waals surface area contributed by atoms with Crippen molar-refractivity contribution < 1.29 is 9.90 Å². The smallest absolute Gasteiger partial charge is 0.236 e. The molecule has 0 radical (unpaired) electrons. The Labute approximate surface area is 90.6 Å². The number of rotatable bonds is 3. The molecule has 0 aromatic rings. The number of aliphatic hydroxyl groups excluding tert-OH is 1. The van der Waals surface area contributed by atoms with Crippen molar-refractivity contribution in [1.29, 1.82) is 0 Å². The molecule has 15 heavy (non-hydrogen) atoms. The molecule has 1 amide bonds. The molecule has 2 fully saturated rings. The summed E-state index contributed by atoms with van der Waals surface area (Å²) in [5.74, 6) is 0.697. The molecule has 0 spiro atoms. The highest BCUT2D eigenvalue weighted by molar-refractivity contribution is 5.78. The summed E-state index contributed by atoms with van der Waals surface area (Å²) < 4.78 is 0. The Morgan fingerprint density at radius 2 is 2.47 bits per heavy atom. The van der Waals surface area contributed by atoms with Crippen LogP contribution in [0.15, 0.2) is 0 Å². The fourth-order valence-electron chi connectivity index (χ4n) is 3.13. The second-order valence-electron chi connectivity index (χ2n) is 4.91. The summed E-state index contributed by atoms with van der Waals surface area (Å²) in [5.41, 5.74) is 0.0312.